The van der Waals surface area contributed by atoms with Crippen LogP contribution in [0.3, 0.4) is 0 Å². The van der Waals surface area contributed by atoms with E-state index in [1.165, 1.54) is 20.5 Å². The van der Waals surface area contributed by atoms with Crippen LogP contribution in [0, 0.1) is 6.92 Å². The Balaban J connectivity index is 2.45. The van der Waals surface area contributed by atoms with E-state index in [-0.39, 0.29) is 12.4 Å². The second kappa shape index (κ2) is 5.05. The van der Waals surface area contributed by atoms with E-state index < -0.39 is 5.97 Å². The summed E-state index contributed by atoms with van der Waals surface area (Å²) < 4.78 is 20.2. The fourth-order valence-electron chi connectivity index (χ4n) is 1.56. The number of carbonyl (C=O) groups is 1. The minimum atomic E-state index is -0.582. The van der Waals surface area contributed by atoms with E-state index in [2.05, 4.69) is 9.72 Å². The van der Waals surface area contributed by atoms with E-state index in [1.807, 2.05) is 0 Å². The number of esters is 1. The maximum atomic E-state index is 11.5. The molecule has 2 aromatic rings. The molecule has 0 aliphatic rings. The van der Waals surface area contributed by atoms with E-state index in [9.17, 15) is 4.79 Å². The van der Waals surface area contributed by atoms with Gasteiger partial charge in [0, 0.05) is 7.11 Å². The predicted molar refractivity (Wildman–Crippen MR) is 61.0 cm³/mol. The van der Waals surface area contributed by atoms with Gasteiger partial charge in [-0.2, -0.15) is 0 Å². The molecule has 0 saturated carbocycles. The number of aromatic nitrogens is 1. The minimum absolute atomic E-state index is 0.0509. The van der Waals surface area contributed by atoms with Gasteiger partial charge < -0.3 is 18.3 Å². The first-order valence-corrected chi connectivity index (χ1v) is 5.28. The number of hydrogen-bond donors (Lipinski definition) is 0. The molecule has 0 aliphatic heterocycles. The minimum Gasteiger partial charge on any atom is -0.469 e. The molecule has 0 bridgehead atoms. The summed E-state index contributed by atoms with van der Waals surface area (Å²) in [6, 6.07) is 1.72. The SMILES string of the molecule is COCc1nc(-c2ccoc2C)oc1C(=O)OC. The van der Waals surface area contributed by atoms with Crippen molar-refractivity contribution in [1.29, 1.82) is 0 Å². The first kappa shape index (κ1) is 12.4. The molecule has 2 aromatic heterocycles. The van der Waals surface area contributed by atoms with Gasteiger partial charge in [0.25, 0.3) is 0 Å². The van der Waals surface area contributed by atoms with Crippen LogP contribution in [0.1, 0.15) is 22.0 Å². The van der Waals surface area contributed by atoms with Gasteiger partial charge in [-0.05, 0) is 13.0 Å². The van der Waals surface area contributed by atoms with Gasteiger partial charge in [0.2, 0.25) is 11.7 Å². The van der Waals surface area contributed by atoms with Crippen molar-refractivity contribution < 1.29 is 23.1 Å². The van der Waals surface area contributed by atoms with Crippen molar-refractivity contribution in [2.75, 3.05) is 14.2 Å². The molecule has 0 N–H and O–H groups in total. The van der Waals surface area contributed by atoms with E-state index >= 15 is 0 Å². The van der Waals surface area contributed by atoms with Crippen LogP contribution in [0.5, 0.6) is 0 Å². The Morgan fingerprint density at radius 3 is 2.78 bits per heavy atom. The van der Waals surface area contributed by atoms with Crippen LogP contribution in [0.2, 0.25) is 0 Å². The standard InChI is InChI=1S/C12H13NO5/c1-7-8(4-5-17-7)11-13-9(6-15-2)10(18-11)12(14)16-3/h4-5H,6H2,1-3H3. The highest BCUT2D eigenvalue weighted by molar-refractivity contribution is 5.87. The molecular formula is C12H13NO5. The van der Waals surface area contributed by atoms with E-state index in [0.717, 1.165) is 0 Å². The number of nitrogens with zero attached hydrogens (tertiary/aromatic N) is 1. The van der Waals surface area contributed by atoms with Crippen molar-refractivity contribution in [3.63, 3.8) is 0 Å². The van der Waals surface area contributed by atoms with Gasteiger partial charge in [0.1, 0.15) is 11.5 Å². The quantitative estimate of drug-likeness (QED) is 0.775. The number of carbonyl (C=O) groups excluding carboxylic acids is 1. The topological polar surface area (TPSA) is 74.7 Å². The molecule has 6 nitrogen and oxygen atoms in total. The third-order valence-corrected chi connectivity index (χ3v) is 2.44. The summed E-state index contributed by atoms with van der Waals surface area (Å²) in [7, 11) is 2.79. The lowest BCUT2D eigenvalue weighted by Gasteiger charge is -1.96. The molecule has 0 radical (unpaired) electrons. The van der Waals surface area contributed by atoms with E-state index in [1.54, 1.807) is 13.0 Å². The van der Waals surface area contributed by atoms with Gasteiger partial charge in [0.15, 0.2) is 0 Å². The van der Waals surface area contributed by atoms with Crippen molar-refractivity contribution in [2.24, 2.45) is 0 Å². The Bertz CT molecular complexity index is 555. The maximum Gasteiger partial charge on any atom is 0.376 e. The second-order valence-corrected chi connectivity index (χ2v) is 3.61. The third-order valence-electron chi connectivity index (χ3n) is 2.44. The monoisotopic (exact) mass is 251 g/mol. The average molecular weight is 251 g/mol. The molecule has 0 aromatic carbocycles. The van der Waals surface area contributed by atoms with Crippen LogP contribution in [-0.4, -0.2) is 25.2 Å². The van der Waals surface area contributed by atoms with Crippen molar-refractivity contribution in [2.45, 2.75) is 13.5 Å². The highest BCUT2D eigenvalue weighted by atomic mass is 16.5. The molecule has 18 heavy (non-hydrogen) atoms. The highest BCUT2D eigenvalue weighted by Crippen LogP contribution is 2.26. The summed E-state index contributed by atoms with van der Waals surface area (Å²) in [6.07, 6.45) is 1.53. The van der Waals surface area contributed by atoms with Gasteiger partial charge in [-0.25, -0.2) is 9.78 Å². The molecule has 96 valence electrons. The van der Waals surface area contributed by atoms with E-state index in [4.69, 9.17) is 13.6 Å². The number of methoxy groups -OCH3 is 2. The summed E-state index contributed by atoms with van der Waals surface area (Å²) in [5.74, 6) is 0.447. The van der Waals surface area contributed by atoms with Crippen molar-refractivity contribution in [3.8, 4) is 11.5 Å². The number of hydrogen-bond acceptors (Lipinski definition) is 6. The van der Waals surface area contributed by atoms with Gasteiger partial charge in [0.05, 0.1) is 25.5 Å². The molecule has 2 heterocycles. The molecule has 2 rings (SSSR count). The molecule has 0 saturated heterocycles. The average Bonchev–Trinajstić information content (AvgIpc) is 2.95. The van der Waals surface area contributed by atoms with Crippen molar-refractivity contribution >= 4 is 5.97 Å². The lowest BCUT2D eigenvalue weighted by atomic mass is 10.2. The van der Waals surface area contributed by atoms with Crippen molar-refractivity contribution in [3.05, 3.63) is 29.5 Å². The fourth-order valence-corrected chi connectivity index (χ4v) is 1.56. The number of furan rings is 1. The molecule has 0 fully saturated rings. The van der Waals surface area contributed by atoms with Crippen LogP contribution >= 0.6 is 0 Å². The zero-order chi connectivity index (χ0) is 13.1. The van der Waals surface area contributed by atoms with Crippen LogP contribution in [0.15, 0.2) is 21.2 Å². The van der Waals surface area contributed by atoms with Crippen LogP contribution < -0.4 is 0 Å². The number of aryl methyl sites for hydroxylation is 1. The summed E-state index contributed by atoms with van der Waals surface area (Å²) >= 11 is 0. The van der Waals surface area contributed by atoms with Gasteiger partial charge in [-0.1, -0.05) is 0 Å². The predicted octanol–water partition coefficient (Wildman–Crippen LogP) is 2.18. The smallest absolute Gasteiger partial charge is 0.376 e. The van der Waals surface area contributed by atoms with Gasteiger partial charge in [-0.15, -0.1) is 0 Å². The molecule has 0 amide bonds. The first-order valence-electron chi connectivity index (χ1n) is 5.28. The van der Waals surface area contributed by atoms with Crippen LogP contribution in [-0.2, 0) is 16.1 Å². The van der Waals surface area contributed by atoms with E-state index in [0.29, 0.717) is 22.9 Å². The fraction of sp³-hybridized carbons (Fsp3) is 0.333. The zero-order valence-corrected chi connectivity index (χ0v) is 10.4. The number of ether oxygens (including phenoxy) is 2. The Morgan fingerprint density at radius 1 is 1.44 bits per heavy atom. The normalized spacial score (nSPS) is 10.6. The van der Waals surface area contributed by atoms with Crippen LogP contribution in [0.25, 0.3) is 11.5 Å². The molecule has 6 heteroatoms. The second-order valence-electron chi connectivity index (χ2n) is 3.61. The zero-order valence-electron chi connectivity index (χ0n) is 10.4. The van der Waals surface area contributed by atoms with Crippen LogP contribution in [0.4, 0.5) is 0 Å². The summed E-state index contributed by atoms with van der Waals surface area (Å²) in [4.78, 5) is 15.8. The Morgan fingerprint density at radius 2 is 2.22 bits per heavy atom. The summed E-state index contributed by atoms with van der Waals surface area (Å²) in [5.41, 5.74) is 1.10. The summed E-state index contributed by atoms with van der Waals surface area (Å²) in [5, 5.41) is 0. The first-order chi connectivity index (χ1) is 8.67. The Kier molecular flexibility index (Phi) is 3.47. The van der Waals surface area contributed by atoms with Gasteiger partial charge >= 0.3 is 5.97 Å². The highest BCUT2D eigenvalue weighted by Gasteiger charge is 2.22. The molecule has 0 atom stereocenters. The lowest BCUT2D eigenvalue weighted by molar-refractivity contribution is 0.0559. The largest absolute Gasteiger partial charge is 0.469 e. The number of rotatable bonds is 4. The molecule has 0 spiro atoms. The summed E-state index contributed by atoms with van der Waals surface area (Å²) in [6.45, 7) is 1.96. The lowest BCUT2D eigenvalue weighted by Crippen LogP contribution is -2.04. The molecule has 0 aliphatic carbocycles. The molecular weight excluding hydrogens is 238 g/mol. The Labute approximate surface area is 104 Å². The Hall–Kier alpha value is -2.08. The maximum absolute atomic E-state index is 11.5. The van der Waals surface area contributed by atoms with Gasteiger partial charge in [-0.3, -0.25) is 0 Å². The number of oxazole rings is 1. The van der Waals surface area contributed by atoms with Crippen molar-refractivity contribution in [1.82, 2.24) is 4.98 Å². The molecule has 0 unspecified atom stereocenters. The third kappa shape index (κ3) is 2.14.